The molecular formula is C21H31N3O6. The molecule has 0 radical (unpaired) electrons. The molecule has 0 aliphatic heterocycles. The highest BCUT2D eigenvalue weighted by molar-refractivity contribution is 5.92. The second kappa shape index (κ2) is 12.5. The molecule has 30 heavy (non-hydrogen) atoms. The Labute approximate surface area is 176 Å². The molecule has 1 rings (SSSR count). The van der Waals surface area contributed by atoms with Crippen molar-refractivity contribution in [2.24, 2.45) is 5.92 Å². The molecule has 3 amide bonds. The predicted octanol–water partition coefficient (Wildman–Crippen LogP) is 1.51. The van der Waals surface area contributed by atoms with Crippen LogP contribution in [0.4, 0.5) is 4.79 Å². The first-order valence-corrected chi connectivity index (χ1v) is 9.79. The number of hydrogen-bond donors (Lipinski definition) is 3. The highest BCUT2D eigenvalue weighted by atomic mass is 16.5. The molecule has 1 aromatic rings. The highest BCUT2D eigenvalue weighted by Crippen LogP contribution is 2.07. The number of amides is 3. The number of benzene rings is 1. The second-order valence-corrected chi connectivity index (χ2v) is 7.37. The summed E-state index contributed by atoms with van der Waals surface area (Å²) in [6, 6.07) is 6.53. The van der Waals surface area contributed by atoms with E-state index < -0.39 is 42.0 Å². The van der Waals surface area contributed by atoms with E-state index in [4.69, 9.17) is 4.74 Å². The zero-order valence-corrected chi connectivity index (χ0v) is 18.1. The zero-order chi connectivity index (χ0) is 22.7. The van der Waals surface area contributed by atoms with Crippen LogP contribution in [0.1, 0.15) is 39.7 Å². The monoisotopic (exact) mass is 421 g/mol. The fourth-order valence-electron chi connectivity index (χ4n) is 2.56. The van der Waals surface area contributed by atoms with E-state index >= 15 is 0 Å². The van der Waals surface area contributed by atoms with Gasteiger partial charge < -0.3 is 25.4 Å². The van der Waals surface area contributed by atoms with Gasteiger partial charge in [0.15, 0.2) is 0 Å². The topological polar surface area (TPSA) is 123 Å². The predicted molar refractivity (Wildman–Crippen MR) is 110 cm³/mol. The van der Waals surface area contributed by atoms with Crippen LogP contribution >= 0.6 is 0 Å². The number of methoxy groups -OCH3 is 1. The van der Waals surface area contributed by atoms with Crippen LogP contribution in [0.5, 0.6) is 0 Å². The summed E-state index contributed by atoms with van der Waals surface area (Å²) in [6.07, 6.45) is -0.366. The molecule has 0 saturated carbocycles. The molecule has 0 aromatic heterocycles. The molecule has 0 saturated heterocycles. The van der Waals surface area contributed by atoms with Crippen molar-refractivity contribution in [3.8, 4) is 0 Å². The first-order valence-electron chi connectivity index (χ1n) is 9.79. The molecule has 0 aliphatic carbocycles. The first kappa shape index (κ1) is 24.9. The van der Waals surface area contributed by atoms with Crippen LogP contribution in [0.3, 0.4) is 0 Å². The molecule has 166 valence electrons. The lowest BCUT2D eigenvalue weighted by molar-refractivity contribution is -0.144. The van der Waals surface area contributed by atoms with E-state index in [1.807, 2.05) is 44.2 Å². The largest absolute Gasteiger partial charge is 0.467 e. The Morgan fingerprint density at radius 3 is 2.03 bits per heavy atom. The summed E-state index contributed by atoms with van der Waals surface area (Å²) in [5, 5.41) is 7.56. The van der Waals surface area contributed by atoms with Gasteiger partial charge in [0.1, 0.15) is 24.7 Å². The normalized spacial score (nSPS) is 13.5. The van der Waals surface area contributed by atoms with Gasteiger partial charge >= 0.3 is 12.1 Å². The van der Waals surface area contributed by atoms with Gasteiger partial charge in [-0.15, -0.1) is 0 Å². The maximum absolute atomic E-state index is 12.6. The van der Waals surface area contributed by atoms with E-state index in [1.54, 1.807) is 0 Å². The summed E-state index contributed by atoms with van der Waals surface area (Å²) in [5.41, 5.74) is 0.822. The molecule has 0 fully saturated rings. The fourth-order valence-corrected chi connectivity index (χ4v) is 2.56. The minimum Gasteiger partial charge on any atom is -0.467 e. The molecule has 9 heteroatoms. The second-order valence-electron chi connectivity index (χ2n) is 7.37. The van der Waals surface area contributed by atoms with Gasteiger partial charge in [0, 0.05) is 0 Å². The summed E-state index contributed by atoms with van der Waals surface area (Å²) in [7, 11) is 1.22. The van der Waals surface area contributed by atoms with Crippen LogP contribution in [-0.4, -0.2) is 49.1 Å². The molecule has 0 spiro atoms. The van der Waals surface area contributed by atoms with Crippen LogP contribution in [0.25, 0.3) is 0 Å². The third-order valence-corrected chi connectivity index (χ3v) is 4.19. The van der Waals surface area contributed by atoms with Gasteiger partial charge in [-0.3, -0.25) is 9.59 Å². The van der Waals surface area contributed by atoms with Gasteiger partial charge in [-0.05, 0) is 31.7 Å². The van der Waals surface area contributed by atoms with E-state index in [2.05, 4.69) is 20.7 Å². The van der Waals surface area contributed by atoms with Crippen molar-refractivity contribution in [2.75, 3.05) is 7.11 Å². The minimum absolute atomic E-state index is 0.0763. The lowest BCUT2D eigenvalue weighted by atomic mass is 10.0. The summed E-state index contributed by atoms with van der Waals surface area (Å²) in [4.78, 5) is 48.4. The average Bonchev–Trinajstić information content (AvgIpc) is 2.71. The van der Waals surface area contributed by atoms with Gasteiger partial charge in [-0.2, -0.15) is 0 Å². The van der Waals surface area contributed by atoms with E-state index in [0.29, 0.717) is 6.42 Å². The number of ether oxygens (including phenoxy) is 2. The molecule has 0 heterocycles. The SMILES string of the molecule is COC(=O)[C@H](C)NC(=O)[C@H](C)NC(=O)[C@H](CC(C)C)NC(=O)OCc1ccccc1. The minimum atomic E-state index is -0.915. The van der Waals surface area contributed by atoms with Crippen LogP contribution in [0.2, 0.25) is 0 Å². The van der Waals surface area contributed by atoms with Gasteiger partial charge in [0.2, 0.25) is 11.8 Å². The summed E-state index contributed by atoms with van der Waals surface area (Å²) in [5.74, 6) is -1.55. The molecule has 3 atom stereocenters. The van der Waals surface area contributed by atoms with Crippen LogP contribution in [0.15, 0.2) is 30.3 Å². The number of esters is 1. The van der Waals surface area contributed by atoms with E-state index in [-0.39, 0.29) is 12.5 Å². The quantitative estimate of drug-likeness (QED) is 0.492. The molecule has 1 aromatic carbocycles. The molecule has 3 N–H and O–H groups in total. The number of alkyl carbamates (subject to hydrolysis) is 1. The number of nitrogens with one attached hydrogen (secondary N) is 3. The molecular weight excluding hydrogens is 390 g/mol. The smallest absolute Gasteiger partial charge is 0.408 e. The molecule has 0 bridgehead atoms. The molecule has 0 unspecified atom stereocenters. The van der Waals surface area contributed by atoms with Crippen molar-refractivity contribution in [3.63, 3.8) is 0 Å². The Kier molecular flexibility index (Phi) is 10.4. The van der Waals surface area contributed by atoms with Crippen molar-refractivity contribution in [1.82, 2.24) is 16.0 Å². The third-order valence-electron chi connectivity index (χ3n) is 4.19. The van der Waals surface area contributed by atoms with Crippen molar-refractivity contribution < 1.29 is 28.7 Å². The number of rotatable bonds is 10. The Morgan fingerprint density at radius 1 is 0.867 bits per heavy atom. The average molecular weight is 421 g/mol. The highest BCUT2D eigenvalue weighted by Gasteiger charge is 2.27. The van der Waals surface area contributed by atoms with Crippen LogP contribution in [-0.2, 0) is 30.5 Å². The van der Waals surface area contributed by atoms with E-state index in [9.17, 15) is 19.2 Å². The lowest BCUT2D eigenvalue weighted by Crippen LogP contribution is -2.54. The standard InChI is InChI=1S/C21H31N3O6/c1-13(2)11-17(24-21(28)30-12-16-9-7-6-8-10-16)19(26)22-14(3)18(25)23-15(4)20(27)29-5/h6-10,13-15,17H,11-12H2,1-5H3,(H,22,26)(H,23,25)(H,24,28)/t14-,15-,17-/m0/s1. The number of hydrogen-bond acceptors (Lipinski definition) is 6. The summed E-state index contributed by atoms with van der Waals surface area (Å²) in [6.45, 7) is 6.85. The van der Waals surface area contributed by atoms with Gasteiger partial charge in [-0.25, -0.2) is 9.59 Å². The first-order chi connectivity index (χ1) is 14.1. The van der Waals surface area contributed by atoms with Gasteiger partial charge in [0.25, 0.3) is 0 Å². The van der Waals surface area contributed by atoms with Crippen molar-refractivity contribution in [3.05, 3.63) is 35.9 Å². The molecule has 0 aliphatic rings. The van der Waals surface area contributed by atoms with Crippen molar-refractivity contribution in [1.29, 1.82) is 0 Å². The van der Waals surface area contributed by atoms with Gasteiger partial charge in [0.05, 0.1) is 7.11 Å². The van der Waals surface area contributed by atoms with Crippen LogP contribution in [0, 0.1) is 5.92 Å². The van der Waals surface area contributed by atoms with E-state index in [0.717, 1.165) is 5.56 Å². The van der Waals surface area contributed by atoms with Gasteiger partial charge in [-0.1, -0.05) is 44.2 Å². The maximum atomic E-state index is 12.6. The maximum Gasteiger partial charge on any atom is 0.408 e. The van der Waals surface area contributed by atoms with Crippen molar-refractivity contribution >= 4 is 23.9 Å². The Morgan fingerprint density at radius 2 is 1.47 bits per heavy atom. The Balaban J connectivity index is 2.63. The zero-order valence-electron chi connectivity index (χ0n) is 18.1. The summed E-state index contributed by atoms with van der Waals surface area (Å²) < 4.78 is 9.73. The Hall–Kier alpha value is -3.10. The lowest BCUT2D eigenvalue weighted by Gasteiger charge is -2.23. The number of carbonyl (C=O) groups excluding carboxylic acids is 4. The summed E-state index contributed by atoms with van der Waals surface area (Å²) >= 11 is 0. The molecule has 9 nitrogen and oxygen atoms in total. The van der Waals surface area contributed by atoms with Crippen LogP contribution < -0.4 is 16.0 Å². The fraction of sp³-hybridized carbons (Fsp3) is 0.524. The number of carbonyl (C=O) groups is 4. The Bertz CT molecular complexity index is 723. The van der Waals surface area contributed by atoms with Crippen molar-refractivity contribution in [2.45, 2.75) is 58.8 Å². The third kappa shape index (κ3) is 8.93. The van der Waals surface area contributed by atoms with E-state index in [1.165, 1.54) is 21.0 Å².